The predicted molar refractivity (Wildman–Crippen MR) is 118 cm³/mol. The van der Waals surface area contributed by atoms with Crippen LogP contribution in [0, 0.1) is 0 Å². The zero-order valence-corrected chi connectivity index (χ0v) is 17.1. The van der Waals surface area contributed by atoms with Crippen molar-refractivity contribution >= 4 is 10.8 Å². The number of rotatable bonds is 3. The molecular formula is C26H25N3O. The molecule has 4 nitrogen and oxygen atoms in total. The largest absolute Gasteiger partial charge is 0.339 e. The molecule has 2 bridgehead atoms. The lowest BCUT2D eigenvalue weighted by Crippen LogP contribution is -2.44. The van der Waals surface area contributed by atoms with Crippen LogP contribution in [0.1, 0.15) is 42.6 Å². The smallest absolute Gasteiger partial charge is 0.232 e. The molecule has 4 atom stereocenters. The monoisotopic (exact) mass is 395 g/mol. The highest BCUT2D eigenvalue weighted by Gasteiger charge is 2.48. The van der Waals surface area contributed by atoms with E-state index in [2.05, 4.69) is 59.6 Å². The quantitative estimate of drug-likeness (QED) is 0.451. The average Bonchev–Trinajstić information content (AvgIpc) is 3.36. The number of benzene rings is 3. The van der Waals surface area contributed by atoms with Crippen molar-refractivity contribution in [2.24, 2.45) is 0 Å². The summed E-state index contributed by atoms with van der Waals surface area (Å²) in [4.78, 5) is 7.44. The van der Waals surface area contributed by atoms with Gasteiger partial charge in [0, 0.05) is 17.6 Å². The Bertz CT molecular complexity index is 1190. The fourth-order valence-electron chi connectivity index (χ4n) is 5.66. The van der Waals surface area contributed by atoms with E-state index in [1.54, 1.807) is 0 Å². The van der Waals surface area contributed by atoms with Crippen LogP contribution in [0.5, 0.6) is 0 Å². The van der Waals surface area contributed by atoms with E-state index in [-0.39, 0.29) is 5.92 Å². The number of nitrogens with zero attached hydrogens (tertiary/aromatic N) is 3. The highest BCUT2D eigenvalue weighted by Crippen LogP contribution is 2.50. The van der Waals surface area contributed by atoms with Crippen LogP contribution in [-0.2, 0) is 0 Å². The Labute approximate surface area is 176 Å². The van der Waals surface area contributed by atoms with E-state index < -0.39 is 0 Å². The molecule has 150 valence electrons. The molecule has 2 fully saturated rings. The molecule has 0 amide bonds. The van der Waals surface area contributed by atoms with Gasteiger partial charge in [0.15, 0.2) is 0 Å². The van der Waals surface area contributed by atoms with Crippen molar-refractivity contribution in [3.05, 3.63) is 84.3 Å². The third-order valence-electron chi connectivity index (χ3n) is 7.23. The van der Waals surface area contributed by atoms with E-state index in [9.17, 15) is 0 Å². The molecule has 3 heterocycles. The van der Waals surface area contributed by atoms with Crippen LogP contribution in [0.2, 0.25) is 0 Å². The van der Waals surface area contributed by atoms with Gasteiger partial charge < -0.3 is 4.52 Å². The molecule has 0 N–H and O–H groups in total. The van der Waals surface area contributed by atoms with Crippen LogP contribution in [0.4, 0.5) is 0 Å². The number of hydrogen-bond donors (Lipinski definition) is 0. The minimum atomic E-state index is 0.222. The summed E-state index contributed by atoms with van der Waals surface area (Å²) in [6, 6.07) is 26.7. The normalized spacial score (nSPS) is 26.3. The Balaban J connectivity index is 1.43. The second-order valence-electron chi connectivity index (χ2n) is 8.76. The predicted octanol–water partition coefficient (Wildman–Crippen LogP) is 5.62. The lowest BCUT2D eigenvalue weighted by molar-refractivity contribution is 0.120. The maximum atomic E-state index is 5.91. The molecule has 0 radical (unpaired) electrons. The molecule has 2 aliphatic rings. The molecule has 0 spiro atoms. The highest BCUT2D eigenvalue weighted by molar-refractivity contribution is 5.83. The van der Waals surface area contributed by atoms with Crippen LogP contribution in [0.3, 0.4) is 0 Å². The van der Waals surface area contributed by atoms with Gasteiger partial charge in [0.05, 0.1) is 5.92 Å². The van der Waals surface area contributed by atoms with Crippen LogP contribution < -0.4 is 0 Å². The molecule has 2 saturated heterocycles. The minimum Gasteiger partial charge on any atom is -0.339 e. The first-order valence-corrected chi connectivity index (χ1v) is 10.9. The maximum absolute atomic E-state index is 5.91. The Morgan fingerprint density at radius 1 is 0.900 bits per heavy atom. The van der Waals surface area contributed by atoms with Crippen molar-refractivity contribution in [1.82, 2.24) is 15.0 Å². The second kappa shape index (κ2) is 7.06. The first-order chi connectivity index (χ1) is 14.8. The fraction of sp³-hybridized carbons (Fsp3) is 0.308. The number of aromatic nitrogens is 2. The van der Waals surface area contributed by atoms with E-state index >= 15 is 0 Å². The van der Waals surface area contributed by atoms with E-state index in [4.69, 9.17) is 9.51 Å². The Kier molecular flexibility index (Phi) is 4.20. The summed E-state index contributed by atoms with van der Waals surface area (Å²) in [6.45, 7) is 0. The summed E-state index contributed by atoms with van der Waals surface area (Å²) >= 11 is 0. The molecule has 3 aromatic carbocycles. The van der Waals surface area contributed by atoms with Gasteiger partial charge in [-0.15, -0.1) is 0 Å². The number of hydrogen-bond acceptors (Lipinski definition) is 4. The van der Waals surface area contributed by atoms with Gasteiger partial charge in [-0.1, -0.05) is 78.0 Å². The molecule has 6 rings (SSSR count). The van der Waals surface area contributed by atoms with Crippen LogP contribution in [0.15, 0.2) is 77.3 Å². The van der Waals surface area contributed by atoms with Crippen molar-refractivity contribution in [2.45, 2.75) is 43.2 Å². The van der Waals surface area contributed by atoms with Gasteiger partial charge >= 0.3 is 0 Å². The minimum absolute atomic E-state index is 0.222. The summed E-state index contributed by atoms with van der Waals surface area (Å²) in [5.41, 5.74) is 2.39. The number of fused-ring (bicyclic) bond motifs is 3. The molecule has 0 aliphatic carbocycles. The van der Waals surface area contributed by atoms with E-state index in [0.717, 1.165) is 17.9 Å². The van der Waals surface area contributed by atoms with Crippen molar-refractivity contribution in [2.75, 3.05) is 7.05 Å². The van der Waals surface area contributed by atoms with Crippen LogP contribution in [0.25, 0.3) is 22.2 Å². The third-order valence-corrected chi connectivity index (χ3v) is 7.23. The zero-order valence-electron chi connectivity index (χ0n) is 17.1. The maximum Gasteiger partial charge on any atom is 0.232 e. The molecule has 2 aliphatic heterocycles. The molecule has 4 heteroatoms. The Morgan fingerprint density at radius 2 is 1.70 bits per heavy atom. The van der Waals surface area contributed by atoms with Gasteiger partial charge in [-0.25, -0.2) is 0 Å². The standard InChI is InChI=1S/C26H25N3O/c1-29-21-13-14-23(29)24(26-27-25(28-30-26)18-8-3-2-4-9-18)22(16-21)20-12-11-17-7-5-6-10-19(17)15-20/h2-12,15,21-24H,13-14,16H2,1H3/t21?,22-,23-,24-/m1/s1. The van der Waals surface area contributed by atoms with Crippen molar-refractivity contribution in [3.8, 4) is 11.4 Å². The lowest BCUT2D eigenvalue weighted by Gasteiger charge is -2.41. The molecule has 0 saturated carbocycles. The SMILES string of the molecule is CN1C2CC[C@@H]1[C@H](c1nc(-c3ccccc3)no1)[C@@H](c1ccc3ccccc3c1)C2. The zero-order chi connectivity index (χ0) is 20.1. The second-order valence-corrected chi connectivity index (χ2v) is 8.76. The first-order valence-electron chi connectivity index (χ1n) is 10.9. The Hall–Kier alpha value is -2.98. The van der Waals surface area contributed by atoms with Gasteiger partial charge in [-0.05, 0) is 48.6 Å². The Morgan fingerprint density at radius 3 is 2.57 bits per heavy atom. The molecule has 30 heavy (non-hydrogen) atoms. The molecule has 1 unspecified atom stereocenters. The van der Waals surface area contributed by atoms with Gasteiger partial charge in [0.25, 0.3) is 0 Å². The number of likely N-dealkylation sites (N-methyl/N-ethyl adjacent to an activating group) is 1. The fourth-order valence-corrected chi connectivity index (χ4v) is 5.66. The van der Waals surface area contributed by atoms with E-state index in [1.807, 2.05) is 30.3 Å². The summed E-state index contributed by atoms with van der Waals surface area (Å²) in [6.07, 6.45) is 3.58. The summed E-state index contributed by atoms with van der Waals surface area (Å²) in [7, 11) is 2.26. The summed E-state index contributed by atoms with van der Waals surface area (Å²) in [5, 5.41) is 6.93. The van der Waals surface area contributed by atoms with Crippen molar-refractivity contribution < 1.29 is 4.52 Å². The van der Waals surface area contributed by atoms with E-state index in [0.29, 0.717) is 23.8 Å². The lowest BCUT2D eigenvalue weighted by atomic mass is 9.75. The van der Waals surface area contributed by atoms with Gasteiger partial charge in [0.1, 0.15) is 0 Å². The molecular weight excluding hydrogens is 370 g/mol. The average molecular weight is 396 g/mol. The van der Waals surface area contributed by atoms with Crippen LogP contribution in [-0.4, -0.2) is 34.2 Å². The van der Waals surface area contributed by atoms with Gasteiger partial charge in [-0.2, -0.15) is 4.98 Å². The molecule has 1 aromatic heterocycles. The number of piperidine rings is 1. The summed E-state index contributed by atoms with van der Waals surface area (Å²) in [5.74, 6) is 2.09. The van der Waals surface area contributed by atoms with Crippen molar-refractivity contribution in [3.63, 3.8) is 0 Å². The first kappa shape index (κ1) is 17.8. The third kappa shape index (κ3) is 2.86. The van der Waals surface area contributed by atoms with E-state index in [1.165, 1.54) is 29.2 Å². The van der Waals surface area contributed by atoms with Gasteiger partial charge in [0.2, 0.25) is 11.7 Å². The van der Waals surface area contributed by atoms with Crippen molar-refractivity contribution in [1.29, 1.82) is 0 Å². The molecule has 4 aromatic rings. The highest BCUT2D eigenvalue weighted by atomic mass is 16.5. The summed E-state index contributed by atoms with van der Waals surface area (Å²) < 4.78 is 5.91. The topological polar surface area (TPSA) is 42.2 Å². The van der Waals surface area contributed by atoms with Gasteiger partial charge in [-0.3, -0.25) is 4.90 Å². The van der Waals surface area contributed by atoms with Crippen LogP contribution >= 0.6 is 0 Å².